The second kappa shape index (κ2) is 6.41. The maximum Gasteiger partial charge on any atom is 0.267 e. The van der Waals surface area contributed by atoms with Gasteiger partial charge in [0, 0.05) is 26.8 Å². The molecule has 0 radical (unpaired) electrons. The van der Waals surface area contributed by atoms with Gasteiger partial charge in [0.1, 0.15) is 10.6 Å². The minimum atomic E-state index is -3.65. The molecule has 3 rings (SSSR count). The molecule has 1 atom stereocenters. The van der Waals surface area contributed by atoms with Crippen molar-refractivity contribution in [2.45, 2.75) is 23.8 Å². The van der Waals surface area contributed by atoms with Crippen LogP contribution in [0.4, 0.5) is 0 Å². The molecule has 128 valence electrons. The molecule has 0 spiro atoms. The number of aryl methyl sites for hydroxylation is 1. The Labute approximate surface area is 142 Å². The van der Waals surface area contributed by atoms with Crippen LogP contribution in [0.15, 0.2) is 47.5 Å². The molecule has 7 heteroatoms. The van der Waals surface area contributed by atoms with E-state index in [1.165, 1.54) is 19.3 Å². The molecule has 1 aliphatic heterocycles. The van der Waals surface area contributed by atoms with Crippen LogP contribution in [0.5, 0.6) is 0 Å². The second-order valence-corrected chi connectivity index (χ2v) is 7.83. The normalized spacial score (nSPS) is 18.7. The number of carbonyl (C=O) groups is 1. The minimum absolute atomic E-state index is 0.153. The first-order valence-electron chi connectivity index (χ1n) is 7.90. The summed E-state index contributed by atoms with van der Waals surface area (Å²) in [5.74, 6) is -0.306. The Morgan fingerprint density at radius 2 is 1.96 bits per heavy atom. The first-order chi connectivity index (χ1) is 11.4. The summed E-state index contributed by atoms with van der Waals surface area (Å²) in [4.78, 5) is 12.0. The number of hydrogen-bond donors (Lipinski definition) is 1. The number of aromatic nitrogens is 1. The van der Waals surface area contributed by atoms with Crippen molar-refractivity contribution in [2.75, 3.05) is 13.6 Å². The molecule has 0 bridgehead atoms. The third-order valence-corrected chi connectivity index (χ3v) is 6.31. The summed E-state index contributed by atoms with van der Waals surface area (Å²) in [6.07, 6.45) is 3.13. The Morgan fingerprint density at radius 1 is 1.25 bits per heavy atom. The summed E-state index contributed by atoms with van der Waals surface area (Å²) < 4.78 is 29.2. The Morgan fingerprint density at radius 3 is 2.62 bits per heavy atom. The van der Waals surface area contributed by atoms with Gasteiger partial charge in [0.15, 0.2) is 0 Å². The zero-order valence-electron chi connectivity index (χ0n) is 13.8. The molecule has 1 aromatic carbocycles. The van der Waals surface area contributed by atoms with Crippen LogP contribution in [0.1, 0.15) is 34.9 Å². The lowest BCUT2D eigenvalue weighted by Crippen LogP contribution is -2.30. The van der Waals surface area contributed by atoms with Gasteiger partial charge in [0.2, 0.25) is 10.0 Å². The van der Waals surface area contributed by atoms with Crippen LogP contribution in [0.3, 0.4) is 0 Å². The largest absolute Gasteiger partial charge is 0.354 e. The number of nitrogens with zero attached hydrogens (tertiary/aromatic N) is 2. The third kappa shape index (κ3) is 2.85. The van der Waals surface area contributed by atoms with Gasteiger partial charge in [-0.25, -0.2) is 8.42 Å². The first kappa shape index (κ1) is 16.7. The van der Waals surface area contributed by atoms with E-state index in [0.29, 0.717) is 12.2 Å². The predicted molar refractivity (Wildman–Crippen MR) is 91.1 cm³/mol. The van der Waals surface area contributed by atoms with E-state index < -0.39 is 10.0 Å². The van der Waals surface area contributed by atoms with E-state index in [9.17, 15) is 13.2 Å². The summed E-state index contributed by atoms with van der Waals surface area (Å²) >= 11 is 0. The lowest BCUT2D eigenvalue weighted by molar-refractivity contribution is 0.0955. The van der Waals surface area contributed by atoms with E-state index in [-0.39, 0.29) is 16.8 Å². The van der Waals surface area contributed by atoms with Crippen LogP contribution in [-0.4, -0.2) is 36.8 Å². The highest BCUT2D eigenvalue weighted by atomic mass is 32.2. The van der Waals surface area contributed by atoms with Crippen LogP contribution in [0, 0.1) is 0 Å². The van der Waals surface area contributed by atoms with Crippen LogP contribution in [-0.2, 0) is 17.1 Å². The molecule has 1 amide bonds. The summed E-state index contributed by atoms with van der Waals surface area (Å²) in [7, 11) is -0.455. The molecule has 1 fully saturated rings. The van der Waals surface area contributed by atoms with Crippen molar-refractivity contribution in [2.24, 2.45) is 7.05 Å². The van der Waals surface area contributed by atoms with E-state index in [0.717, 1.165) is 18.4 Å². The van der Waals surface area contributed by atoms with Gasteiger partial charge in [-0.05, 0) is 24.5 Å². The molecule has 1 aromatic heterocycles. The van der Waals surface area contributed by atoms with Crippen LogP contribution < -0.4 is 5.32 Å². The Hall–Kier alpha value is -2.12. The Balaban J connectivity index is 1.97. The number of amides is 1. The maximum absolute atomic E-state index is 13.1. The van der Waals surface area contributed by atoms with Crippen molar-refractivity contribution < 1.29 is 13.2 Å². The Bertz CT molecular complexity index is 843. The number of benzene rings is 1. The highest BCUT2D eigenvalue weighted by Gasteiger charge is 2.37. The number of hydrogen-bond acceptors (Lipinski definition) is 3. The number of carbonyl (C=O) groups excluding carboxylic acids is 1. The van der Waals surface area contributed by atoms with Crippen LogP contribution in [0.25, 0.3) is 0 Å². The second-order valence-electron chi connectivity index (χ2n) is 5.94. The van der Waals surface area contributed by atoms with Crippen molar-refractivity contribution >= 4 is 15.9 Å². The summed E-state index contributed by atoms with van der Waals surface area (Å²) in [6.45, 7) is 0.492. The van der Waals surface area contributed by atoms with Gasteiger partial charge < -0.3 is 9.88 Å². The number of rotatable bonds is 4. The molecule has 24 heavy (non-hydrogen) atoms. The summed E-state index contributed by atoms with van der Waals surface area (Å²) in [6, 6.07) is 11.0. The zero-order valence-corrected chi connectivity index (χ0v) is 14.6. The number of sulfonamides is 1. The SMILES string of the molecule is CNC(=O)c1cc(S(=O)(=O)N2CCCC2c2ccccc2)cn1C. The van der Waals surface area contributed by atoms with Gasteiger partial charge >= 0.3 is 0 Å². The molecule has 0 saturated carbocycles. The fourth-order valence-electron chi connectivity index (χ4n) is 3.20. The van der Waals surface area contributed by atoms with E-state index >= 15 is 0 Å². The molecule has 1 aliphatic rings. The van der Waals surface area contributed by atoms with Crippen molar-refractivity contribution in [3.63, 3.8) is 0 Å². The van der Waals surface area contributed by atoms with Crippen LogP contribution in [0.2, 0.25) is 0 Å². The van der Waals surface area contributed by atoms with Crippen molar-refractivity contribution in [3.05, 3.63) is 53.9 Å². The molecule has 0 aliphatic carbocycles. The van der Waals surface area contributed by atoms with E-state index in [1.54, 1.807) is 15.9 Å². The molecule has 1 saturated heterocycles. The van der Waals surface area contributed by atoms with Gasteiger partial charge in [0.25, 0.3) is 5.91 Å². The third-order valence-electron chi connectivity index (χ3n) is 4.43. The fraction of sp³-hybridized carbons (Fsp3) is 0.353. The fourth-order valence-corrected chi connectivity index (χ4v) is 4.95. The number of nitrogens with one attached hydrogen (secondary N) is 1. The molecule has 6 nitrogen and oxygen atoms in total. The highest BCUT2D eigenvalue weighted by Crippen LogP contribution is 2.36. The van der Waals surface area contributed by atoms with Crippen molar-refractivity contribution in [1.29, 1.82) is 0 Å². The summed E-state index contributed by atoms with van der Waals surface area (Å²) in [5, 5.41) is 2.52. The standard InChI is InChI=1S/C17H21N3O3S/c1-18-17(21)16-11-14(12-19(16)2)24(22,23)20-10-6-9-15(20)13-7-4-3-5-8-13/h3-5,7-8,11-12,15H,6,9-10H2,1-2H3,(H,18,21). The quantitative estimate of drug-likeness (QED) is 0.918. The van der Waals surface area contributed by atoms with E-state index in [2.05, 4.69) is 5.32 Å². The highest BCUT2D eigenvalue weighted by molar-refractivity contribution is 7.89. The molecule has 1 unspecified atom stereocenters. The van der Waals surface area contributed by atoms with Crippen molar-refractivity contribution in [3.8, 4) is 0 Å². The van der Waals surface area contributed by atoms with E-state index in [1.807, 2.05) is 30.3 Å². The van der Waals surface area contributed by atoms with Gasteiger partial charge in [-0.15, -0.1) is 0 Å². The van der Waals surface area contributed by atoms with Gasteiger partial charge in [-0.2, -0.15) is 4.31 Å². The lowest BCUT2D eigenvalue weighted by atomic mass is 10.1. The molecule has 2 heterocycles. The lowest BCUT2D eigenvalue weighted by Gasteiger charge is -2.23. The first-order valence-corrected chi connectivity index (χ1v) is 9.34. The summed E-state index contributed by atoms with van der Waals surface area (Å²) in [5.41, 5.74) is 1.33. The van der Waals surface area contributed by atoms with Crippen molar-refractivity contribution in [1.82, 2.24) is 14.2 Å². The zero-order chi connectivity index (χ0) is 17.3. The molecular formula is C17H21N3O3S. The molecule has 1 N–H and O–H groups in total. The maximum atomic E-state index is 13.1. The van der Waals surface area contributed by atoms with Gasteiger partial charge in [-0.1, -0.05) is 30.3 Å². The van der Waals surface area contributed by atoms with Crippen LogP contribution >= 0.6 is 0 Å². The topological polar surface area (TPSA) is 71.4 Å². The average molecular weight is 347 g/mol. The van der Waals surface area contributed by atoms with Gasteiger partial charge in [0.05, 0.1) is 6.04 Å². The van der Waals surface area contributed by atoms with E-state index in [4.69, 9.17) is 0 Å². The minimum Gasteiger partial charge on any atom is -0.354 e. The smallest absolute Gasteiger partial charge is 0.267 e. The monoisotopic (exact) mass is 347 g/mol. The Kier molecular flexibility index (Phi) is 4.47. The van der Waals surface area contributed by atoms with Gasteiger partial charge in [-0.3, -0.25) is 4.79 Å². The average Bonchev–Trinajstić information content (AvgIpc) is 3.22. The molecular weight excluding hydrogens is 326 g/mol. The molecule has 2 aromatic rings. The predicted octanol–water partition coefficient (Wildman–Crippen LogP) is 1.91.